The second-order valence-corrected chi connectivity index (χ2v) is 4.78. The summed E-state index contributed by atoms with van der Waals surface area (Å²) < 4.78 is 5.17. The van der Waals surface area contributed by atoms with Crippen molar-refractivity contribution in [3.8, 4) is 23.1 Å². The topological polar surface area (TPSA) is 93.6 Å². The first-order chi connectivity index (χ1) is 8.24. The number of nitrogen functional groups attached to an aromatic ring is 1. The van der Waals surface area contributed by atoms with Gasteiger partial charge in [0.1, 0.15) is 0 Å². The molecule has 0 aliphatic carbocycles. The minimum Gasteiger partial charge on any atom is -0.390 e. The molecule has 0 amide bonds. The molecule has 86 valence electrons. The molecule has 0 radical (unpaired) electrons. The Bertz CT molecular complexity index is 640. The zero-order chi connectivity index (χ0) is 11.8. The monoisotopic (exact) mass is 247 g/mol. The maximum Gasteiger partial charge on any atom is 0.261 e. The maximum atomic E-state index is 5.87. The van der Waals surface area contributed by atoms with Gasteiger partial charge in [-0.3, -0.25) is 0 Å². The maximum absolute atomic E-state index is 5.87. The Kier molecular flexibility index (Phi) is 2.19. The first-order valence-electron chi connectivity index (χ1n) is 4.94. The van der Waals surface area contributed by atoms with Crippen molar-refractivity contribution in [1.82, 2.24) is 20.1 Å². The van der Waals surface area contributed by atoms with Crippen molar-refractivity contribution in [3.63, 3.8) is 0 Å². The number of nitrogens with zero attached hydrogens (tertiary/aromatic N) is 3. The van der Waals surface area contributed by atoms with E-state index in [1.165, 1.54) is 11.3 Å². The van der Waals surface area contributed by atoms with E-state index in [2.05, 4.69) is 20.1 Å². The lowest BCUT2D eigenvalue weighted by molar-refractivity contribution is 0.432. The fraction of sp³-hybridized carbons (Fsp3) is 0.100. The predicted octanol–water partition coefficient (Wildman–Crippen LogP) is 2.08. The number of anilines is 1. The second-order valence-electron chi connectivity index (χ2n) is 3.50. The van der Waals surface area contributed by atoms with E-state index in [-0.39, 0.29) is 0 Å². The quantitative estimate of drug-likeness (QED) is 0.723. The fourth-order valence-electron chi connectivity index (χ4n) is 1.52. The molecule has 0 saturated heterocycles. The molecule has 3 N–H and O–H groups in total. The van der Waals surface area contributed by atoms with Crippen LogP contribution in [0.25, 0.3) is 23.1 Å². The molecule has 0 spiro atoms. The molecular formula is C10H9N5OS. The Morgan fingerprint density at radius 1 is 1.47 bits per heavy atom. The number of nitrogens with two attached hydrogens (primary N) is 1. The number of H-pyrrole nitrogens is 1. The van der Waals surface area contributed by atoms with Crippen molar-refractivity contribution < 1.29 is 4.52 Å². The molecule has 3 rings (SSSR count). The zero-order valence-corrected chi connectivity index (χ0v) is 9.78. The van der Waals surface area contributed by atoms with Crippen molar-refractivity contribution in [3.05, 3.63) is 23.3 Å². The Morgan fingerprint density at radius 3 is 3.00 bits per heavy atom. The van der Waals surface area contributed by atoms with Gasteiger partial charge in [-0.05, 0) is 13.0 Å². The van der Waals surface area contributed by atoms with Gasteiger partial charge in [-0.25, -0.2) is 4.98 Å². The molecule has 0 bridgehead atoms. The summed E-state index contributed by atoms with van der Waals surface area (Å²) in [6.45, 7) is 1.98. The highest BCUT2D eigenvalue weighted by Crippen LogP contribution is 2.32. The standard InChI is InChI=1S/C10H9N5OS/c1-5-4-6(7(11)17-5)10-14-9(15-16-10)8-12-2-3-13-8/h2-4H,11H2,1H3,(H,12,13). The van der Waals surface area contributed by atoms with Crippen LogP contribution in [0, 0.1) is 6.92 Å². The number of hydrogen-bond acceptors (Lipinski definition) is 6. The minimum atomic E-state index is 0.415. The third-order valence-electron chi connectivity index (χ3n) is 2.25. The number of imidazole rings is 1. The van der Waals surface area contributed by atoms with Crippen LogP contribution in [0.15, 0.2) is 23.0 Å². The molecule has 0 fully saturated rings. The molecule has 0 unspecified atom stereocenters. The van der Waals surface area contributed by atoms with Crippen molar-refractivity contribution in [2.45, 2.75) is 6.92 Å². The van der Waals surface area contributed by atoms with Gasteiger partial charge in [0.15, 0.2) is 5.82 Å². The van der Waals surface area contributed by atoms with E-state index in [4.69, 9.17) is 10.3 Å². The highest BCUT2D eigenvalue weighted by Gasteiger charge is 2.15. The van der Waals surface area contributed by atoms with Gasteiger partial charge >= 0.3 is 0 Å². The average molecular weight is 247 g/mol. The molecule has 0 aliphatic rings. The Balaban J connectivity index is 2.03. The predicted molar refractivity (Wildman–Crippen MR) is 64.3 cm³/mol. The molecule has 7 heteroatoms. The van der Waals surface area contributed by atoms with E-state index in [1.807, 2.05) is 13.0 Å². The molecule has 0 atom stereocenters. The highest BCUT2D eigenvalue weighted by molar-refractivity contribution is 7.16. The number of aryl methyl sites for hydroxylation is 1. The Labute approximate surface area is 101 Å². The fourth-order valence-corrected chi connectivity index (χ4v) is 2.30. The van der Waals surface area contributed by atoms with Gasteiger partial charge in [0.05, 0.1) is 10.6 Å². The Morgan fingerprint density at radius 2 is 2.35 bits per heavy atom. The van der Waals surface area contributed by atoms with Crippen LogP contribution in [0.3, 0.4) is 0 Å². The van der Waals surface area contributed by atoms with Crippen LogP contribution in [0.4, 0.5) is 5.00 Å². The number of rotatable bonds is 2. The van der Waals surface area contributed by atoms with Crippen LogP contribution >= 0.6 is 11.3 Å². The smallest absolute Gasteiger partial charge is 0.261 e. The van der Waals surface area contributed by atoms with Crippen molar-refractivity contribution in [2.75, 3.05) is 5.73 Å². The first-order valence-corrected chi connectivity index (χ1v) is 5.75. The zero-order valence-electron chi connectivity index (χ0n) is 8.97. The summed E-state index contributed by atoms with van der Waals surface area (Å²) in [5.41, 5.74) is 6.64. The van der Waals surface area contributed by atoms with Crippen molar-refractivity contribution >= 4 is 16.3 Å². The average Bonchev–Trinajstić information content (AvgIpc) is 2.97. The van der Waals surface area contributed by atoms with Crippen LogP contribution in [0.1, 0.15) is 4.88 Å². The van der Waals surface area contributed by atoms with E-state index >= 15 is 0 Å². The van der Waals surface area contributed by atoms with Gasteiger partial charge in [0, 0.05) is 17.3 Å². The molecule has 3 aromatic heterocycles. The van der Waals surface area contributed by atoms with E-state index < -0.39 is 0 Å². The summed E-state index contributed by atoms with van der Waals surface area (Å²) >= 11 is 1.50. The van der Waals surface area contributed by atoms with Gasteiger partial charge in [0.2, 0.25) is 5.82 Å². The van der Waals surface area contributed by atoms with Crippen LogP contribution in [-0.4, -0.2) is 20.1 Å². The summed E-state index contributed by atoms with van der Waals surface area (Å²) in [7, 11) is 0. The molecule has 0 aromatic carbocycles. The first kappa shape index (κ1) is 10.0. The van der Waals surface area contributed by atoms with Gasteiger partial charge in [-0.2, -0.15) is 4.98 Å². The van der Waals surface area contributed by atoms with Crippen LogP contribution in [0.5, 0.6) is 0 Å². The molecule has 3 aromatic rings. The lowest BCUT2D eigenvalue weighted by Gasteiger charge is -1.88. The minimum absolute atomic E-state index is 0.415. The van der Waals surface area contributed by atoms with Crippen molar-refractivity contribution in [2.24, 2.45) is 0 Å². The van der Waals surface area contributed by atoms with Gasteiger partial charge in [-0.1, -0.05) is 5.16 Å². The lowest BCUT2D eigenvalue weighted by atomic mass is 10.3. The summed E-state index contributed by atoms with van der Waals surface area (Å²) in [5, 5.41) is 4.53. The number of thiophene rings is 1. The summed E-state index contributed by atoms with van der Waals surface area (Å²) in [4.78, 5) is 12.3. The molecular weight excluding hydrogens is 238 g/mol. The summed E-state index contributed by atoms with van der Waals surface area (Å²) in [5.74, 6) is 1.41. The Hall–Kier alpha value is -2.15. The lowest BCUT2D eigenvalue weighted by Crippen LogP contribution is -1.85. The SMILES string of the molecule is Cc1cc(-c2nc(-c3ncc[nH]3)no2)c(N)s1. The second kappa shape index (κ2) is 3.70. The largest absolute Gasteiger partial charge is 0.390 e. The number of hydrogen-bond donors (Lipinski definition) is 2. The van der Waals surface area contributed by atoms with Crippen LogP contribution < -0.4 is 5.73 Å². The molecule has 6 nitrogen and oxygen atoms in total. The van der Waals surface area contributed by atoms with Gasteiger partial charge < -0.3 is 15.2 Å². The van der Waals surface area contributed by atoms with Crippen molar-refractivity contribution in [1.29, 1.82) is 0 Å². The molecule has 3 heterocycles. The van der Waals surface area contributed by atoms with E-state index in [0.717, 1.165) is 10.4 Å². The van der Waals surface area contributed by atoms with Crippen LogP contribution in [-0.2, 0) is 0 Å². The number of nitrogens with one attached hydrogen (secondary N) is 1. The summed E-state index contributed by atoms with van der Waals surface area (Å²) in [6.07, 6.45) is 3.34. The van der Waals surface area contributed by atoms with E-state index in [9.17, 15) is 0 Å². The molecule has 17 heavy (non-hydrogen) atoms. The van der Waals surface area contributed by atoms with E-state index in [1.54, 1.807) is 12.4 Å². The molecule has 0 saturated carbocycles. The van der Waals surface area contributed by atoms with E-state index in [0.29, 0.717) is 22.5 Å². The third kappa shape index (κ3) is 1.70. The van der Waals surface area contributed by atoms with Crippen LogP contribution in [0.2, 0.25) is 0 Å². The van der Waals surface area contributed by atoms with Gasteiger partial charge in [-0.15, -0.1) is 11.3 Å². The number of aromatic amines is 1. The normalized spacial score (nSPS) is 10.9. The van der Waals surface area contributed by atoms with Gasteiger partial charge in [0.25, 0.3) is 5.89 Å². The highest BCUT2D eigenvalue weighted by atomic mass is 32.1. The summed E-state index contributed by atoms with van der Waals surface area (Å²) in [6, 6.07) is 1.93. The third-order valence-corrected chi connectivity index (χ3v) is 3.13. The molecule has 0 aliphatic heterocycles. The number of aromatic nitrogens is 4.